The van der Waals surface area contributed by atoms with Gasteiger partial charge in [0.25, 0.3) is 0 Å². The number of rotatable bonds is 7. The summed E-state index contributed by atoms with van der Waals surface area (Å²) in [6.07, 6.45) is 2.61. The molecule has 1 aliphatic rings. The molecule has 0 saturated carbocycles. The number of likely N-dealkylation sites (tertiary alicyclic amines) is 1. The standard InChI is InChI=1S/C19H29N5S2.HI/c1-14(2)15-13-26-18(23-15)12-22-19(20-3)21-11-16(17-7-6-10-25-17)24-8-4-5-9-24;/h6-7,10,13-14,16H,4-5,8-9,11-12H2,1-3H3,(H2,20,21,22);1H. The van der Waals surface area contributed by atoms with E-state index in [0.29, 0.717) is 18.5 Å². The number of hydrogen-bond acceptors (Lipinski definition) is 5. The molecule has 1 atom stereocenters. The quantitative estimate of drug-likeness (QED) is 0.323. The Kier molecular flexibility index (Phi) is 9.47. The molecule has 1 aliphatic heterocycles. The highest BCUT2D eigenvalue weighted by molar-refractivity contribution is 14.0. The summed E-state index contributed by atoms with van der Waals surface area (Å²) in [6.45, 7) is 8.31. The number of nitrogens with zero attached hydrogens (tertiary/aromatic N) is 3. The Labute approximate surface area is 187 Å². The van der Waals surface area contributed by atoms with E-state index >= 15 is 0 Å². The van der Waals surface area contributed by atoms with Crippen molar-refractivity contribution in [3.63, 3.8) is 0 Å². The van der Waals surface area contributed by atoms with E-state index < -0.39 is 0 Å². The van der Waals surface area contributed by atoms with Gasteiger partial charge < -0.3 is 10.6 Å². The molecule has 2 N–H and O–H groups in total. The van der Waals surface area contributed by atoms with Crippen LogP contribution in [0.25, 0.3) is 0 Å². The van der Waals surface area contributed by atoms with E-state index in [1.54, 1.807) is 11.3 Å². The first-order valence-electron chi connectivity index (χ1n) is 9.33. The Hall–Kier alpha value is -0.710. The lowest BCUT2D eigenvalue weighted by atomic mass is 10.2. The fourth-order valence-corrected chi connectivity index (χ4v) is 4.94. The highest BCUT2D eigenvalue weighted by atomic mass is 127. The van der Waals surface area contributed by atoms with Crippen LogP contribution in [-0.2, 0) is 6.54 Å². The Balaban J connectivity index is 0.00000261. The minimum Gasteiger partial charge on any atom is -0.354 e. The SMILES string of the molecule is CN=C(NCc1nc(C(C)C)cs1)NCC(c1cccs1)N1CCCC1.I. The Bertz CT molecular complexity index is 693. The predicted octanol–water partition coefficient (Wildman–Crippen LogP) is 4.45. The smallest absolute Gasteiger partial charge is 0.191 e. The van der Waals surface area contributed by atoms with Crippen molar-refractivity contribution in [2.75, 3.05) is 26.7 Å². The van der Waals surface area contributed by atoms with Gasteiger partial charge in [0.05, 0.1) is 18.3 Å². The van der Waals surface area contributed by atoms with E-state index in [9.17, 15) is 0 Å². The van der Waals surface area contributed by atoms with E-state index in [1.807, 2.05) is 18.4 Å². The third kappa shape index (κ3) is 6.40. The molecular formula is C19H30IN5S2. The molecule has 3 heterocycles. The number of aliphatic imine (C=N–C) groups is 1. The van der Waals surface area contributed by atoms with Crippen LogP contribution in [-0.4, -0.2) is 42.5 Å². The van der Waals surface area contributed by atoms with E-state index in [2.05, 4.69) is 62.3 Å². The molecule has 2 aromatic rings. The molecule has 0 amide bonds. The summed E-state index contributed by atoms with van der Waals surface area (Å²) >= 11 is 3.55. The third-order valence-corrected chi connectivity index (χ3v) is 6.55. The number of hydrogen-bond donors (Lipinski definition) is 2. The Morgan fingerprint density at radius 3 is 2.63 bits per heavy atom. The fraction of sp³-hybridized carbons (Fsp3) is 0.579. The lowest BCUT2D eigenvalue weighted by molar-refractivity contribution is 0.249. The molecule has 1 unspecified atom stereocenters. The van der Waals surface area contributed by atoms with E-state index in [0.717, 1.165) is 17.5 Å². The van der Waals surface area contributed by atoms with Crippen LogP contribution >= 0.6 is 46.7 Å². The number of nitrogens with one attached hydrogen (secondary N) is 2. The first-order valence-corrected chi connectivity index (χ1v) is 11.1. The average Bonchev–Trinajstić information content (AvgIpc) is 3.40. The van der Waals surface area contributed by atoms with Gasteiger partial charge in [-0.05, 0) is 43.3 Å². The lowest BCUT2D eigenvalue weighted by Gasteiger charge is -2.27. The van der Waals surface area contributed by atoms with Crippen LogP contribution in [0.5, 0.6) is 0 Å². The number of guanidine groups is 1. The normalized spacial score (nSPS) is 16.4. The molecule has 8 heteroatoms. The molecule has 3 rings (SSSR count). The zero-order chi connectivity index (χ0) is 18.4. The number of thiazole rings is 1. The van der Waals surface area contributed by atoms with Crippen molar-refractivity contribution in [3.8, 4) is 0 Å². The molecule has 0 aromatic carbocycles. The molecule has 0 bridgehead atoms. The van der Waals surface area contributed by atoms with Crippen molar-refractivity contribution in [1.29, 1.82) is 0 Å². The summed E-state index contributed by atoms with van der Waals surface area (Å²) < 4.78 is 0. The largest absolute Gasteiger partial charge is 0.354 e. The molecule has 0 radical (unpaired) electrons. The zero-order valence-electron chi connectivity index (χ0n) is 16.3. The summed E-state index contributed by atoms with van der Waals surface area (Å²) in [5, 5.41) is 12.3. The van der Waals surface area contributed by atoms with Crippen LogP contribution in [0.3, 0.4) is 0 Å². The van der Waals surface area contributed by atoms with Gasteiger partial charge >= 0.3 is 0 Å². The van der Waals surface area contributed by atoms with E-state index in [1.165, 1.54) is 36.5 Å². The summed E-state index contributed by atoms with van der Waals surface area (Å²) in [7, 11) is 1.83. The predicted molar refractivity (Wildman–Crippen MR) is 128 cm³/mol. The van der Waals surface area contributed by atoms with Crippen LogP contribution < -0.4 is 10.6 Å². The minimum atomic E-state index is 0. The van der Waals surface area contributed by atoms with Crippen molar-refractivity contribution in [1.82, 2.24) is 20.5 Å². The number of aromatic nitrogens is 1. The molecular weight excluding hydrogens is 489 g/mol. The van der Waals surface area contributed by atoms with Gasteiger partial charge in [-0.3, -0.25) is 9.89 Å². The van der Waals surface area contributed by atoms with Crippen molar-refractivity contribution < 1.29 is 0 Å². The van der Waals surface area contributed by atoms with Crippen LogP contribution in [0.1, 0.15) is 54.2 Å². The number of halogens is 1. The highest BCUT2D eigenvalue weighted by Crippen LogP contribution is 2.27. The minimum absolute atomic E-state index is 0. The van der Waals surface area contributed by atoms with Gasteiger partial charge in [0.15, 0.2) is 5.96 Å². The van der Waals surface area contributed by atoms with Gasteiger partial charge in [-0.25, -0.2) is 4.98 Å². The Morgan fingerprint density at radius 2 is 2.04 bits per heavy atom. The van der Waals surface area contributed by atoms with Crippen molar-refractivity contribution in [3.05, 3.63) is 38.5 Å². The second-order valence-electron chi connectivity index (χ2n) is 6.90. The van der Waals surface area contributed by atoms with Crippen LogP contribution in [0.4, 0.5) is 0 Å². The molecule has 0 spiro atoms. The summed E-state index contributed by atoms with van der Waals surface area (Å²) in [4.78, 5) is 13.1. The van der Waals surface area contributed by atoms with Gasteiger partial charge in [0.1, 0.15) is 5.01 Å². The summed E-state index contributed by atoms with van der Waals surface area (Å²) in [5.41, 5.74) is 1.17. The second kappa shape index (κ2) is 11.3. The number of thiophene rings is 1. The first kappa shape index (κ1) is 22.6. The monoisotopic (exact) mass is 519 g/mol. The van der Waals surface area contributed by atoms with Gasteiger partial charge in [-0.2, -0.15) is 0 Å². The van der Waals surface area contributed by atoms with E-state index in [4.69, 9.17) is 0 Å². The maximum Gasteiger partial charge on any atom is 0.191 e. The van der Waals surface area contributed by atoms with Crippen molar-refractivity contribution in [2.45, 2.75) is 45.2 Å². The molecule has 2 aromatic heterocycles. The molecule has 150 valence electrons. The van der Waals surface area contributed by atoms with Gasteiger partial charge in [0.2, 0.25) is 0 Å². The molecule has 1 saturated heterocycles. The molecule has 0 aliphatic carbocycles. The van der Waals surface area contributed by atoms with Gasteiger partial charge in [-0.15, -0.1) is 46.7 Å². The van der Waals surface area contributed by atoms with Gasteiger partial charge in [-0.1, -0.05) is 19.9 Å². The lowest BCUT2D eigenvalue weighted by Crippen LogP contribution is -2.42. The maximum atomic E-state index is 4.68. The van der Waals surface area contributed by atoms with Crippen LogP contribution in [0.2, 0.25) is 0 Å². The fourth-order valence-electron chi connectivity index (χ4n) is 3.19. The van der Waals surface area contributed by atoms with Gasteiger partial charge in [0, 0.05) is 23.8 Å². The first-order chi connectivity index (χ1) is 12.7. The topological polar surface area (TPSA) is 52.6 Å². The van der Waals surface area contributed by atoms with Crippen molar-refractivity contribution >= 4 is 52.6 Å². The summed E-state index contributed by atoms with van der Waals surface area (Å²) in [6, 6.07) is 4.81. The Morgan fingerprint density at radius 1 is 1.26 bits per heavy atom. The van der Waals surface area contributed by atoms with E-state index in [-0.39, 0.29) is 24.0 Å². The molecule has 5 nitrogen and oxygen atoms in total. The zero-order valence-corrected chi connectivity index (χ0v) is 20.2. The maximum absolute atomic E-state index is 4.68. The highest BCUT2D eigenvalue weighted by Gasteiger charge is 2.24. The third-order valence-electron chi connectivity index (χ3n) is 4.71. The second-order valence-corrected chi connectivity index (χ2v) is 8.82. The molecule has 1 fully saturated rings. The van der Waals surface area contributed by atoms with Crippen molar-refractivity contribution in [2.24, 2.45) is 4.99 Å². The molecule has 27 heavy (non-hydrogen) atoms. The average molecular weight is 520 g/mol. The van der Waals surface area contributed by atoms with Crippen LogP contribution in [0.15, 0.2) is 27.9 Å². The van der Waals surface area contributed by atoms with Crippen LogP contribution in [0, 0.1) is 0 Å². The summed E-state index contributed by atoms with van der Waals surface area (Å²) in [5.74, 6) is 1.32.